The normalized spacial score (nSPS) is 11.8. The number of rotatable bonds is 5. The number of aliphatic hydroxyl groups excluding tert-OH is 1. The zero-order valence-corrected chi connectivity index (χ0v) is 9.56. The lowest BCUT2D eigenvalue weighted by atomic mass is 9.84. The lowest BCUT2D eigenvalue weighted by Gasteiger charge is -2.25. The smallest absolute Gasteiger partial charge is 0.159 e. The topological polar surface area (TPSA) is 32.3 Å². The summed E-state index contributed by atoms with van der Waals surface area (Å²) >= 11 is 0. The number of hydrogen-bond donors (Lipinski definition) is 2. The van der Waals surface area contributed by atoms with Gasteiger partial charge >= 0.3 is 0 Å². The monoisotopic (exact) mass is 229 g/mol. The van der Waals surface area contributed by atoms with Crippen LogP contribution in [0.4, 0.5) is 8.78 Å². The van der Waals surface area contributed by atoms with E-state index >= 15 is 0 Å². The van der Waals surface area contributed by atoms with Gasteiger partial charge in [0.2, 0.25) is 0 Å². The van der Waals surface area contributed by atoms with E-state index in [1.54, 1.807) is 6.07 Å². The molecule has 0 amide bonds. The van der Waals surface area contributed by atoms with Crippen molar-refractivity contribution in [3.8, 4) is 0 Å². The lowest BCUT2D eigenvalue weighted by Crippen LogP contribution is -2.34. The minimum Gasteiger partial charge on any atom is -0.395 e. The molecule has 0 saturated heterocycles. The van der Waals surface area contributed by atoms with Gasteiger partial charge in [-0.05, 0) is 17.7 Å². The molecule has 0 unspecified atom stereocenters. The third-order valence-corrected chi connectivity index (χ3v) is 2.56. The van der Waals surface area contributed by atoms with Gasteiger partial charge in [0.05, 0.1) is 6.61 Å². The highest BCUT2D eigenvalue weighted by Crippen LogP contribution is 2.23. The van der Waals surface area contributed by atoms with Crippen molar-refractivity contribution in [3.05, 3.63) is 35.4 Å². The van der Waals surface area contributed by atoms with Crippen molar-refractivity contribution in [1.82, 2.24) is 5.32 Å². The Bertz CT molecular complexity index is 353. The van der Waals surface area contributed by atoms with Gasteiger partial charge in [0.15, 0.2) is 11.6 Å². The zero-order valence-electron chi connectivity index (χ0n) is 9.56. The molecule has 0 aromatic heterocycles. The summed E-state index contributed by atoms with van der Waals surface area (Å²) in [5, 5.41) is 11.7. The second-order valence-electron chi connectivity index (χ2n) is 4.41. The zero-order chi connectivity index (χ0) is 12.2. The van der Waals surface area contributed by atoms with Crippen LogP contribution < -0.4 is 5.32 Å². The molecule has 0 saturated carbocycles. The minimum absolute atomic E-state index is 0.0634. The number of halogens is 2. The van der Waals surface area contributed by atoms with Gasteiger partial charge < -0.3 is 10.4 Å². The summed E-state index contributed by atoms with van der Waals surface area (Å²) in [5.41, 5.74) is 0.431. The fraction of sp³-hybridized carbons (Fsp3) is 0.500. The standard InChI is InChI=1S/C12H17F2NO/c1-12(2,8-15-5-6-16)9-3-4-10(13)11(14)7-9/h3-4,7,15-16H,5-6,8H2,1-2H3. The van der Waals surface area contributed by atoms with E-state index in [0.717, 1.165) is 11.6 Å². The molecule has 0 aliphatic heterocycles. The van der Waals surface area contributed by atoms with Gasteiger partial charge in [-0.25, -0.2) is 8.78 Å². The first kappa shape index (κ1) is 13.1. The Balaban J connectivity index is 2.76. The molecule has 0 bridgehead atoms. The first-order chi connectivity index (χ1) is 7.47. The predicted molar refractivity (Wildman–Crippen MR) is 59.3 cm³/mol. The third-order valence-electron chi connectivity index (χ3n) is 2.56. The van der Waals surface area contributed by atoms with Crippen molar-refractivity contribution in [2.45, 2.75) is 19.3 Å². The molecule has 0 heterocycles. The average Bonchev–Trinajstić information content (AvgIpc) is 2.22. The summed E-state index contributed by atoms with van der Waals surface area (Å²) in [7, 11) is 0. The van der Waals surface area contributed by atoms with Crippen LogP contribution in [0.5, 0.6) is 0 Å². The largest absolute Gasteiger partial charge is 0.395 e. The van der Waals surface area contributed by atoms with Crippen LogP contribution in [0.15, 0.2) is 18.2 Å². The van der Waals surface area contributed by atoms with Crippen LogP contribution in [0.1, 0.15) is 19.4 Å². The van der Waals surface area contributed by atoms with Gasteiger partial charge in [-0.1, -0.05) is 19.9 Å². The third kappa shape index (κ3) is 3.25. The van der Waals surface area contributed by atoms with Crippen LogP contribution in [0.2, 0.25) is 0 Å². The number of nitrogens with one attached hydrogen (secondary N) is 1. The molecule has 1 aromatic rings. The van der Waals surface area contributed by atoms with Gasteiger partial charge in [-0.2, -0.15) is 0 Å². The molecular formula is C12H17F2NO. The molecule has 0 fully saturated rings. The quantitative estimate of drug-likeness (QED) is 0.755. The highest BCUT2D eigenvalue weighted by molar-refractivity contribution is 5.25. The molecule has 16 heavy (non-hydrogen) atoms. The van der Waals surface area contributed by atoms with E-state index in [9.17, 15) is 8.78 Å². The number of hydrogen-bond acceptors (Lipinski definition) is 2. The molecule has 4 heteroatoms. The predicted octanol–water partition coefficient (Wildman–Crippen LogP) is 1.82. The van der Waals surface area contributed by atoms with Crippen molar-refractivity contribution in [3.63, 3.8) is 0 Å². The van der Waals surface area contributed by atoms with E-state index in [4.69, 9.17) is 5.11 Å². The Kier molecular flexibility index (Phi) is 4.38. The maximum Gasteiger partial charge on any atom is 0.159 e. The van der Waals surface area contributed by atoms with E-state index in [1.165, 1.54) is 6.07 Å². The van der Waals surface area contributed by atoms with Gasteiger partial charge in [-0.3, -0.25) is 0 Å². The van der Waals surface area contributed by atoms with E-state index < -0.39 is 11.6 Å². The fourth-order valence-electron chi connectivity index (χ4n) is 1.50. The summed E-state index contributed by atoms with van der Waals surface area (Å²) < 4.78 is 25.8. The average molecular weight is 229 g/mol. The summed E-state index contributed by atoms with van der Waals surface area (Å²) in [6.07, 6.45) is 0. The SMILES string of the molecule is CC(C)(CNCCO)c1ccc(F)c(F)c1. The Morgan fingerprint density at radius 2 is 1.94 bits per heavy atom. The van der Waals surface area contributed by atoms with Crippen molar-refractivity contribution in [2.24, 2.45) is 0 Å². The lowest BCUT2D eigenvalue weighted by molar-refractivity contribution is 0.286. The molecule has 90 valence electrons. The maximum absolute atomic E-state index is 13.1. The highest BCUT2D eigenvalue weighted by Gasteiger charge is 2.21. The molecule has 2 N–H and O–H groups in total. The maximum atomic E-state index is 13.1. The summed E-state index contributed by atoms with van der Waals surface area (Å²) in [5.74, 6) is -1.66. The minimum atomic E-state index is -0.831. The second-order valence-corrected chi connectivity index (χ2v) is 4.41. The molecule has 0 atom stereocenters. The van der Waals surface area contributed by atoms with Crippen LogP contribution in [-0.2, 0) is 5.41 Å². The first-order valence-electron chi connectivity index (χ1n) is 5.24. The van der Waals surface area contributed by atoms with Crippen LogP contribution >= 0.6 is 0 Å². The summed E-state index contributed by atoms with van der Waals surface area (Å²) in [6, 6.07) is 3.94. The van der Waals surface area contributed by atoms with Gasteiger partial charge in [0.25, 0.3) is 0 Å². The van der Waals surface area contributed by atoms with Gasteiger partial charge in [0, 0.05) is 18.5 Å². The number of aliphatic hydroxyl groups is 1. The summed E-state index contributed by atoms with van der Waals surface area (Å²) in [6.45, 7) is 5.02. The summed E-state index contributed by atoms with van der Waals surface area (Å²) in [4.78, 5) is 0. The second kappa shape index (κ2) is 5.37. The fourth-order valence-corrected chi connectivity index (χ4v) is 1.50. The van der Waals surface area contributed by atoms with Crippen molar-refractivity contribution in [1.29, 1.82) is 0 Å². The molecular weight excluding hydrogens is 212 g/mol. The Morgan fingerprint density at radius 1 is 1.25 bits per heavy atom. The van der Waals surface area contributed by atoms with E-state index in [-0.39, 0.29) is 12.0 Å². The Hall–Kier alpha value is -1.00. The van der Waals surface area contributed by atoms with Gasteiger partial charge in [0.1, 0.15) is 0 Å². The molecule has 0 aliphatic carbocycles. The molecule has 1 rings (SSSR count). The van der Waals surface area contributed by atoms with E-state index in [1.807, 2.05) is 13.8 Å². The highest BCUT2D eigenvalue weighted by atomic mass is 19.2. The van der Waals surface area contributed by atoms with Crippen LogP contribution in [0, 0.1) is 11.6 Å². The molecule has 0 spiro atoms. The van der Waals surface area contributed by atoms with Crippen molar-refractivity contribution in [2.75, 3.05) is 19.7 Å². The van der Waals surface area contributed by atoms with Crippen molar-refractivity contribution >= 4 is 0 Å². The first-order valence-corrected chi connectivity index (χ1v) is 5.24. The van der Waals surface area contributed by atoms with Gasteiger partial charge in [-0.15, -0.1) is 0 Å². The number of benzene rings is 1. The molecule has 0 radical (unpaired) electrons. The molecule has 1 aromatic carbocycles. The van der Waals surface area contributed by atoms with E-state index in [2.05, 4.69) is 5.32 Å². The van der Waals surface area contributed by atoms with Crippen LogP contribution in [-0.4, -0.2) is 24.8 Å². The molecule has 0 aliphatic rings. The van der Waals surface area contributed by atoms with Crippen LogP contribution in [0.3, 0.4) is 0 Å². The van der Waals surface area contributed by atoms with Crippen molar-refractivity contribution < 1.29 is 13.9 Å². The van der Waals surface area contributed by atoms with Crippen LogP contribution in [0.25, 0.3) is 0 Å². The Morgan fingerprint density at radius 3 is 2.50 bits per heavy atom. The van der Waals surface area contributed by atoms with E-state index in [0.29, 0.717) is 13.1 Å². The Labute approximate surface area is 94.3 Å². The molecule has 2 nitrogen and oxygen atoms in total.